The van der Waals surface area contributed by atoms with Gasteiger partial charge in [-0.15, -0.1) is 11.3 Å². The molecule has 3 aromatic carbocycles. The van der Waals surface area contributed by atoms with Crippen LogP contribution in [0.15, 0.2) is 60.7 Å². The molecule has 1 aliphatic carbocycles. The summed E-state index contributed by atoms with van der Waals surface area (Å²) in [5.74, 6) is -2.74. The Hall–Kier alpha value is -3.90. The minimum Gasteiger partial charge on any atom is -0.457 e. The normalized spacial score (nSPS) is 23.6. The van der Waals surface area contributed by atoms with Crippen LogP contribution in [0.4, 0.5) is 14.5 Å². The van der Waals surface area contributed by atoms with E-state index in [9.17, 15) is 18.4 Å². The molecule has 3 unspecified atom stereocenters. The number of likely N-dealkylation sites (tertiary alicyclic amines) is 1. The Morgan fingerprint density at radius 2 is 1.81 bits per heavy atom. The fourth-order valence-corrected chi connectivity index (χ4v) is 7.47. The van der Waals surface area contributed by atoms with Gasteiger partial charge in [-0.3, -0.25) is 14.5 Å². The molecule has 4 aromatic rings. The maximum absolute atomic E-state index is 14.2. The molecule has 1 fully saturated rings. The van der Waals surface area contributed by atoms with Crippen molar-refractivity contribution in [1.29, 1.82) is 0 Å². The van der Waals surface area contributed by atoms with E-state index in [1.165, 1.54) is 4.90 Å². The SMILES string of the molecule is Cc1cc(Oc2ccccc2)ccc1C1(N)C(=O)C(N)c2c(C(=O)NC3CN(C)CC(F)(F)C3)sc3c(N)ccc1c23. The number of nitrogens with one attached hydrogen (secondary N) is 1. The molecule has 42 heavy (non-hydrogen) atoms. The number of carbonyl (C=O) groups is 2. The number of nitrogens with zero attached hydrogens (tertiary/aromatic N) is 1. The summed E-state index contributed by atoms with van der Waals surface area (Å²) in [4.78, 5) is 29.3. The van der Waals surface area contributed by atoms with E-state index in [-0.39, 0.29) is 18.0 Å². The van der Waals surface area contributed by atoms with Crippen LogP contribution < -0.4 is 27.3 Å². The first-order valence-corrected chi connectivity index (χ1v) is 14.4. The fourth-order valence-electron chi connectivity index (χ4n) is 6.27. The number of nitrogens with two attached hydrogens (primary N) is 3. The average molecular weight is 592 g/mol. The van der Waals surface area contributed by atoms with Crippen molar-refractivity contribution in [2.45, 2.75) is 36.9 Å². The van der Waals surface area contributed by atoms with Crippen molar-refractivity contribution in [3.63, 3.8) is 0 Å². The van der Waals surface area contributed by atoms with Crippen molar-refractivity contribution in [3.8, 4) is 11.5 Å². The van der Waals surface area contributed by atoms with Crippen LogP contribution in [0.5, 0.6) is 11.5 Å². The lowest BCUT2D eigenvalue weighted by atomic mass is 9.69. The Balaban J connectivity index is 1.42. The van der Waals surface area contributed by atoms with Gasteiger partial charge in [0.1, 0.15) is 17.0 Å². The maximum Gasteiger partial charge on any atom is 0.262 e. The number of likely N-dealkylation sites (N-methyl/N-ethyl adjacent to an activating group) is 1. The zero-order valence-corrected chi connectivity index (χ0v) is 23.9. The van der Waals surface area contributed by atoms with Gasteiger partial charge in [-0.25, -0.2) is 8.78 Å². The Morgan fingerprint density at radius 1 is 1.10 bits per heavy atom. The predicted molar refractivity (Wildman–Crippen MR) is 159 cm³/mol. The van der Waals surface area contributed by atoms with Gasteiger partial charge < -0.3 is 27.3 Å². The first kappa shape index (κ1) is 28.2. The van der Waals surface area contributed by atoms with Crippen molar-refractivity contribution in [1.82, 2.24) is 10.2 Å². The minimum atomic E-state index is -2.93. The molecule has 2 heterocycles. The number of carbonyl (C=O) groups excluding carboxylic acids is 2. The summed E-state index contributed by atoms with van der Waals surface area (Å²) < 4.78 is 35.0. The highest BCUT2D eigenvalue weighted by atomic mass is 32.1. The second-order valence-corrected chi connectivity index (χ2v) is 12.2. The molecule has 0 bridgehead atoms. The van der Waals surface area contributed by atoms with Gasteiger partial charge in [0.15, 0.2) is 5.78 Å². The predicted octanol–water partition coefficient (Wildman–Crippen LogP) is 4.44. The third-order valence-corrected chi connectivity index (χ3v) is 9.29. The summed E-state index contributed by atoms with van der Waals surface area (Å²) in [6.45, 7) is 1.74. The highest BCUT2D eigenvalue weighted by Crippen LogP contribution is 2.50. The topological polar surface area (TPSA) is 137 Å². The third-order valence-electron chi connectivity index (χ3n) is 8.03. The molecule has 0 saturated carbocycles. The highest BCUT2D eigenvalue weighted by Gasteiger charge is 2.49. The molecule has 2 aliphatic rings. The van der Waals surface area contributed by atoms with Crippen LogP contribution in [0, 0.1) is 6.92 Å². The van der Waals surface area contributed by atoms with E-state index in [1.54, 1.807) is 31.3 Å². The van der Waals surface area contributed by atoms with E-state index in [2.05, 4.69) is 5.32 Å². The quantitative estimate of drug-likeness (QED) is 0.252. The summed E-state index contributed by atoms with van der Waals surface area (Å²) in [6, 6.07) is 16.0. The van der Waals surface area contributed by atoms with Crippen LogP contribution in [0.1, 0.15) is 44.4 Å². The number of Topliss-reactive ketones (excluding diaryl/α,β-unsaturated/α-hetero) is 1. The molecule has 0 radical (unpaired) electrons. The first-order chi connectivity index (χ1) is 19.9. The average Bonchev–Trinajstić information content (AvgIpc) is 3.33. The van der Waals surface area contributed by atoms with E-state index in [0.29, 0.717) is 44.0 Å². The number of anilines is 1. The summed E-state index contributed by atoms with van der Waals surface area (Å²) in [7, 11) is 1.58. The van der Waals surface area contributed by atoms with Gasteiger partial charge in [0.25, 0.3) is 11.8 Å². The smallest absolute Gasteiger partial charge is 0.262 e. The molecule has 218 valence electrons. The monoisotopic (exact) mass is 591 g/mol. The van der Waals surface area contributed by atoms with Crippen LogP contribution in [0.3, 0.4) is 0 Å². The highest BCUT2D eigenvalue weighted by molar-refractivity contribution is 7.21. The molecular weight excluding hydrogens is 560 g/mol. The van der Waals surface area contributed by atoms with Crippen LogP contribution in [0.25, 0.3) is 10.1 Å². The van der Waals surface area contributed by atoms with Crippen LogP contribution in [-0.4, -0.2) is 48.7 Å². The summed E-state index contributed by atoms with van der Waals surface area (Å²) >= 11 is 1.09. The van der Waals surface area contributed by atoms with Gasteiger partial charge in [0.05, 0.1) is 22.2 Å². The number of ether oxygens (including phenoxy) is 1. The zero-order chi connectivity index (χ0) is 30.0. The summed E-state index contributed by atoms with van der Waals surface area (Å²) in [5, 5.41) is 3.29. The van der Waals surface area contributed by atoms with Gasteiger partial charge in [-0.05, 0) is 61.0 Å². The third kappa shape index (κ3) is 4.62. The number of amides is 1. The largest absolute Gasteiger partial charge is 0.457 e. The number of rotatable bonds is 5. The number of ketones is 1. The van der Waals surface area contributed by atoms with Crippen molar-refractivity contribution in [3.05, 3.63) is 87.8 Å². The number of para-hydroxylation sites is 1. The Morgan fingerprint density at radius 3 is 2.50 bits per heavy atom. The lowest BCUT2D eigenvalue weighted by Gasteiger charge is -2.38. The summed E-state index contributed by atoms with van der Waals surface area (Å²) in [5.41, 5.74) is 20.8. The van der Waals surface area contributed by atoms with Crippen LogP contribution in [0.2, 0.25) is 0 Å². The van der Waals surface area contributed by atoms with E-state index < -0.39 is 41.7 Å². The van der Waals surface area contributed by atoms with E-state index in [0.717, 1.165) is 16.9 Å². The number of alkyl halides is 2. The van der Waals surface area contributed by atoms with E-state index in [1.807, 2.05) is 43.3 Å². The lowest BCUT2D eigenvalue weighted by molar-refractivity contribution is -0.124. The van der Waals surface area contributed by atoms with E-state index in [4.69, 9.17) is 21.9 Å². The van der Waals surface area contributed by atoms with Gasteiger partial charge in [-0.2, -0.15) is 0 Å². The number of hydrogen-bond acceptors (Lipinski definition) is 8. The summed E-state index contributed by atoms with van der Waals surface area (Å²) in [6.07, 6.45) is -0.475. The number of aryl methyl sites for hydroxylation is 1. The molecular formula is C31H31F2N5O3S. The van der Waals surface area contributed by atoms with Crippen molar-refractivity contribution < 1.29 is 23.1 Å². The first-order valence-electron chi connectivity index (χ1n) is 13.5. The molecule has 11 heteroatoms. The Bertz CT molecular complexity index is 1730. The van der Waals surface area contributed by atoms with Crippen molar-refractivity contribution in [2.24, 2.45) is 11.5 Å². The van der Waals surface area contributed by atoms with Gasteiger partial charge >= 0.3 is 0 Å². The molecule has 1 aromatic heterocycles. The standard InChI is InChI=1S/C31H31F2N5O3S/c1-16-12-19(41-18-6-4-3-5-7-18)8-9-20(16)31(36)21-10-11-22(34)26-23(21)24(25(35)28(31)39)27(42-26)29(40)37-17-13-30(32,33)15-38(2)14-17/h3-12,17,25H,13-15,34-36H2,1-2H3,(H,37,40). The van der Waals surface area contributed by atoms with Crippen LogP contribution in [-0.2, 0) is 10.3 Å². The Kier molecular flexibility index (Phi) is 6.81. The fraction of sp³-hybridized carbons (Fsp3) is 0.290. The van der Waals surface area contributed by atoms with Crippen LogP contribution >= 0.6 is 11.3 Å². The number of benzene rings is 3. The van der Waals surface area contributed by atoms with E-state index >= 15 is 0 Å². The maximum atomic E-state index is 14.2. The zero-order valence-electron chi connectivity index (χ0n) is 23.1. The molecule has 1 aliphatic heterocycles. The van der Waals surface area contributed by atoms with Gasteiger partial charge in [-0.1, -0.05) is 30.3 Å². The van der Waals surface area contributed by atoms with Gasteiger partial charge in [0.2, 0.25) is 0 Å². The molecule has 3 atom stereocenters. The molecule has 1 saturated heterocycles. The van der Waals surface area contributed by atoms with Gasteiger partial charge in [0, 0.05) is 35.6 Å². The number of nitrogen functional groups attached to an aromatic ring is 1. The number of hydrogen-bond donors (Lipinski definition) is 4. The molecule has 7 N–H and O–H groups in total. The molecule has 1 amide bonds. The lowest BCUT2D eigenvalue weighted by Crippen LogP contribution is -2.54. The molecule has 0 spiro atoms. The number of thiophene rings is 1. The van der Waals surface area contributed by atoms with Crippen molar-refractivity contribution in [2.75, 3.05) is 25.9 Å². The number of halogens is 2. The molecule has 6 rings (SSSR count). The second kappa shape index (κ2) is 10.1. The second-order valence-electron chi connectivity index (χ2n) is 11.2. The minimum absolute atomic E-state index is 0.173. The Labute approximate surface area is 245 Å². The van der Waals surface area contributed by atoms with Crippen molar-refractivity contribution >= 4 is 38.8 Å². The molecule has 8 nitrogen and oxygen atoms in total. The number of piperidine rings is 1.